The molecule has 1 rings (SSSR count). The summed E-state index contributed by atoms with van der Waals surface area (Å²) in [5.41, 5.74) is 1.09. The largest absolute Gasteiger partial charge is 0.493 e. The van der Waals surface area contributed by atoms with E-state index in [2.05, 4.69) is 12.0 Å². The van der Waals surface area contributed by atoms with Gasteiger partial charge in [-0.25, -0.2) is 0 Å². The molecule has 0 aliphatic heterocycles. The first-order valence-corrected chi connectivity index (χ1v) is 5.99. The predicted octanol–water partition coefficient (Wildman–Crippen LogP) is 2.01. The Bertz CT molecular complexity index is 310. The van der Waals surface area contributed by atoms with Crippen LogP contribution in [0.25, 0.3) is 0 Å². The quantitative estimate of drug-likeness (QED) is 0.773. The molecule has 0 amide bonds. The monoisotopic (exact) mass is 226 g/mol. The van der Waals surface area contributed by atoms with E-state index in [4.69, 9.17) is 4.74 Å². The van der Waals surface area contributed by atoms with Crippen LogP contribution in [0.2, 0.25) is 0 Å². The molecule has 16 heavy (non-hydrogen) atoms. The van der Waals surface area contributed by atoms with E-state index in [0.717, 1.165) is 43.7 Å². The molecule has 1 unspecified atom stereocenters. The van der Waals surface area contributed by atoms with Crippen LogP contribution in [0, 0.1) is 0 Å². The molecule has 1 N–H and O–H groups in total. The molecule has 0 saturated carbocycles. The van der Waals surface area contributed by atoms with Gasteiger partial charge in [0.1, 0.15) is 0 Å². The second-order valence-electron chi connectivity index (χ2n) is 3.98. The summed E-state index contributed by atoms with van der Waals surface area (Å²) in [6.45, 7) is 5.02. The third-order valence-electron chi connectivity index (χ3n) is 2.75. The van der Waals surface area contributed by atoms with Crippen molar-refractivity contribution in [3.05, 3.63) is 11.9 Å². The lowest BCUT2D eigenvalue weighted by Gasteiger charge is -2.10. The number of hydrogen-bond acceptors (Lipinski definition) is 3. The van der Waals surface area contributed by atoms with Crippen molar-refractivity contribution < 1.29 is 9.84 Å². The number of rotatable bonds is 7. The lowest BCUT2D eigenvalue weighted by Crippen LogP contribution is -2.10. The van der Waals surface area contributed by atoms with Gasteiger partial charge in [-0.1, -0.05) is 13.8 Å². The van der Waals surface area contributed by atoms with E-state index in [1.165, 1.54) is 0 Å². The van der Waals surface area contributed by atoms with E-state index >= 15 is 0 Å². The Hall–Kier alpha value is -1.03. The van der Waals surface area contributed by atoms with Crippen LogP contribution in [0.15, 0.2) is 6.20 Å². The zero-order valence-corrected chi connectivity index (χ0v) is 10.4. The normalized spacial score (nSPS) is 12.8. The zero-order valence-electron chi connectivity index (χ0n) is 10.4. The van der Waals surface area contributed by atoms with Gasteiger partial charge in [0, 0.05) is 6.54 Å². The Morgan fingerprint density at radius 2 is 2.25 bits per heavy atom. The van der Waals surface area contributed by atoms with Crippen LogP contribution in [0.1, 0.15) is 38.8 Å². The number of nitrogens with zero attached hydrogens (tertiary/aromatic N) is 2. The van der Waals surface area contributed by atoms with Crippen molar-refractivity contribution in [1.82, 2.24) is 9.78 Å². The summed E-state index contributed by atoms with van der Waals surface area (Å²) in [6, 6.07) is 0. The molecule has 0 saturated heterocycles. The maximum Gasteiger partial charge on any atom is 0.159 e. The fourth-order valence-corrected chi connectivity index (χ4v) is 1.73. The van der Waals surface area contributed by atoms with Gasteiger partial charge in [-0.15, -0.1) is 0 Å². The van der Waals surface area contributed by atoms with Gasteiger partial charge in [0.05, 0.1) is 25.1 Å². The molecular weight excluding hydrogens is 204 g/mol. The minimum absolute atomic E-state index is 0.227. The molecule has 0 radical (unpaired) electrons. The van der Waals surface area contributed by atoms with Crippen LogP contribution in [0.5, 0.6) is 5.75 Å². The lowest BCUT2D eigenvalue weighted by atomic mass is 10.1. The molecule has 0 aliphatic carbocycles. The van der Waals surface area contributed by atoms with Crippen molar-refractivity contribution in [3.63, 3.8) is 0 Å². The van der Waals surface area contributed by atoms with Crippen molar-refractivity contribution >= 4 is 0 Å². The highest BCUT2D eigenvalue weighted by Crippen LogP contribution is 2.20. The number of hydrogen-bond donors (Lipinski definition) is 1. The molecule has 0 spiro atoms. The Kier molecular flexibility index (Phi) is 5.32. The summed E-state index contributed by atoms with van der Waals surface area (Å²) < 4.78 is 7.25. The molecule has 1 atom stereocenters. The molecule has 0 fully saturated rings. The summed E-state index contributed by atoms with van der Waals surface area (Å²) in [6.07, 6.45) is 4.96. The molecule has 4 heteroatoms. The van der Waals surface area contributed by atoms with Gasteiger partial charge >= 0.3 is 0 Å². The van der Waals surface area contributed by atoms with Gasteiger partial charge in [0.25, 0.3) is 0 Å². The van der Waals surface area contributed by atoms with Crippen LogP contribution in [0.4, 0.5) is 0 Å². The van der Waals surface area contributed by atoms with Crippen molar-refractivity contribution in [2.75, 3.05) is 7.11 Å². The number of ether oxygens (including phenoxy) is 1. The number of methoxy groups -OCH3 is 1. The third-order valence-corrected chi connectivity index (χ3v) is 2.75. The Labute approximate surface area is 97.2 Å². The highest BCUT2D eigenvalue weighted by atomic mass is 16.5. The fourth-order valence-electron chi connectivity index (χ4n) is 1.73. The Balaban J connectivity index is 2.70. The van der Waals surface area contributed by atoms with E-state index in [-0.39, 0.29) is 6.10 Å². The second-order valence-corrected chi connectivity index (χ2v) is 3.98. The summed E-state index contributed by atoms with van der Waals surface area (Å²) >= 11 is 0. The number of aryl methyl sites for hydroxylation is 1. The minimum Gasteiger partial charge on any atom is -0.493 e. The predicted molar refractivity (Wildman–Crippen MR) is 63.7 cm³/mol. The van der Waals surface area contributed by atoms with Crippen LogP contribution in [-0.2, 0) is 13.0 Å². The maximum atomic E-state index is 9.57. The maximum absolute atomic E-state index is 9.57. The number of aliphatic hydroxyl groups excluding tert-OH is 1. The van der Waals surface area contributed by atoms with Gasteiger partial charge in [-0.2, -0.15) is 5.10 Å². The number of aromatic nitrogens is 2. The van der Waals surface area contributed by atoms with Crippen molar-refractivity contribution in [1.29, 1.82) is 0 Å². The van der Waals surface area contributed by atoms with E-state index in [9.17, 15) is 5.11 Å². The topological polar surface area (TPSA) is 47.3 Å². The molecule has 1 heterocycles. The standard InChI is InChI=1S/C12H22N2O2/c1-4-8-14-11(7-6-10(15)5-2)12(16-3)9-13-14/h9-10,15H,4-8H2,1-3H3. The molecule has 0 aromatic carbocycles. The van der Waals surface area contributed by atoms with Crippen molar-refractivity contribution in [2.45, 2.75) is 52.2 Å². The highest BCUT2D eigenvalue weighted by molar-refractivity contribution is 5.25. The summed E-state index contributed by atoms with van der Waals surface area (Å²) in [5.74, 6) is 0.830. The molecular formula is C12H22N2O2. The van der Waals surface area contributed by atoms with E-state index in [1.807, 2.05) is 11.6 Å². The van der Waals surface area contributed by atoms with Gasteiger partial charge < -0.3 is 9.84 Å². The summed E-state index contributed by atoms with van der Waals surface area (Å²) in [5, 5.41) is 13.9. The van der Waals surface area contributed by atoms with E-state index < -0.39 is 0 Å². The summed E-state index contributed by atoms with van der Waals surface area (Å²) in [7, 11) is 1.66. The van der Waals surface area contributed by atoms with Gasteiger partial charge in [0.2, 0.25) is 0 Å². The molecule has 0 aliphatic rings. The van der Waals surface area contributed by atoms with Crippen molar-refractivity contribution in [3.8, 4) is 5.75 Å². The average molecular weight is 226 g/mol. The van der Waals surface area contributed by atoms with E-state index in [1.54, 1.807) is 13.3 Å². The summed E-state index contributed by atoms with van der Waals surface area (Å²) in [4.78, 5) is 0. The minimum atomic E-state index is -0.227. The first kappa shape index (κ1) is 13.0. The van der Waals surface area contributed by atoms with Crippen molar-refractivity contribution in [2.24, 2.45) is 0 Å². The lowest BCUT2D eigenvalue weighted by molar-refractivity contribution is 0.159. The van der Waals surface area contributed by atoms with Crippen LogP contribution in [0.3, 0.4) is 0 Å². The van der Waals surface area contributed by atoms with E-state index in [0.29, 0.717) is 0 Å². The molecule has 0 bridgehead atoms. The zero-order chi connectivity index (χ0) is 12.0. The van der Waals surface area contributed by atoms with Gasteiger partial charge in [0.15, 0.2) is 5.75 Å². The number of aliphatic hydroxyl groups is 1. The first-order valence-electron chi connectivity index (χ1n) is 5.99. The van der Waals surface area contributed by atoms with Crippen LogP contribution in [-0.4, -0.2) is 28.1 Å². The average Bonchev–Trinajstić information content (AvgIpc) is 2.69. The highest BCUT2D eigenvalue weighted by Gasteiger charge is 2.12. The van der Waals surface area contributed by atoms with Crippen LogP contribution >= 0.6 is 0 Å². The van der Waals surface area contributed by atoms with Gasteiger partial charge in [-0.3, -0.25) is 4.68 Å². The second kappa shape index (κ2) is 6.53. The molecule has 92 valence electrons. The molecule has 1 aromatic rings. The smallest absolute Gasteiger partial charge is 0.159 e. The Morgan fingerprint density at radius 1 is 1.50 bits per heavy atom. The Morgan fingerprint density at radius 3 is 2.81 bits per heavy atom. The van der Waals surface area contributed by atoms with Gasteiger partial charge in [-0.05, 0) is 25.7 Å². The fraction of sp³-hybridized carbons (Fsp3) is 0.750. The van der Waals surface area contributed by atoms with Crippen LogP contribution < -0.4 is 4.74 Å². The molecule has 1 aromatic heterocycles. The molecule has 4 nitrogen and oxygen atoms in total. The first-order chi connectivity index (χ1) is 7.72. The third kappa shape index (κ3) is 3.23. The SMILES string of the molecule is CCCn1ncc(OC)c1CCC(O)CC.